The lowest BCUT2D eigenvalue weighted by atomic mass is 10.1. The van der Waals surface area contributed by atoms with Gasteiger partial charge in [-0.15, -0.1) is 0 Å². The highest BCUT2D eigenvalue weighted by molar-refractivity contribution is 6.34. The second-order valence-corrected chi connectivity index (χ2v) is 5.04. The van der Waals surface area contributed by atoms with Gasteiger partial charge in [0.15, 0.2) is 0 Å². The maximum Gasteiger partial charge on any atom is 0.273 e. The van der Waals surface area contributed by atoms with E-state index in [2.05, 4.69) is 5.32 Å². The molecule has 0 fully saturated rings. The largest absolute Gasteiger partial charge is 0.321 e. The second-order valence-electron chi connectivity index (χ2n) is 4.63. The van der Waals surface area contributed by atoms with Crippen LogP contribution in [0, 0.1) is 27.2 Å². The van der Waals surface area contributed by atoms with Crippen LogP contribution < -0.4 is 5.32 Å². The number of nitrogens with one attached hydrogen (secondary N) is 1. The van der Waals surface area contributed by atoms with Crippen LogP contribution in [0.3, 0.4) is 0 Å². The SMILES string of the molecule is Cc1ccc(C(=O)Nc2ccc([N+](=O)[O-])cc2Cl)cc1[N+](=O)[O-]. The molecule has 0 heterocycles. The van der Waals surface area contributed by atoms with Gasteiger partial charge in [0.05, 0.1) is 20.6 Å². The van der Waals surface area contributed by atoms with E-state index in [-0.39, 0.29) is 27.6 Å². The lowest BCUT2D eigenvalue weighted by molar-refractivity contribution is -0.385. The molecule has 8 nitrogen and oxygen atoms in total. The number of hydrogen-bond acceptors (Lipinski definition) is 5. The Morgan fingerprint density at radius 2 is 1.78 bits per heavy atom. The highest BCUT2D eigenvalue weighted by Gasteiger charge is 2.16. The Morgan fingerprint density at radius 3 is 2.35 bits per heavy atom. The molecular formula is C14H10ClN3O5. The van der Waals surface area contributed by atoms with Crippen LogP contribution in [0.15, 0.2) is 36.4 Å². The Balaban J connectivity index is 2.27. The number of anilines is 1. The quantitative estimate of drug-likeness (QED) is 0.675. The molecule has 9 heteroatoms. The molecule has 2 aromatic rings. The van der Waals surface area contributed by atoms with Gasteiger partial charge in [0.1, 0.15) is 0 Å². The van der Waals surface area contributed by atoms with Crippen LogP contribution in [-0.2, 0) is 0 Å². The van der Waals surface area contributed by atoms with Crippen LogP contribution >= 0.6 is 11.6 Å². The summed E-state index contributed by atoms with van der Waals surface area (Å²) in [7, 11) is 0. The van der Waals surface area contributed by atoms with Gasteiger partial charge in [-0.3, -0.25) is 25.0 Å². The van der Waals surface area contributed by atoms with E-state index in [0.29, 0.717) is 5.56 Å². The van der Waals surface area contributed by atoms with Crippen molar-refractivity contribution < 1.29 is 14.6 Å². The summed E-state index contributed by atoms with van der Waals surface area (Å²) in [5.41, 5.74) is 0.300. The Labute approximate surface area is 135 Å². The topological polar surface area (TPSA) is 115 Å². The highest BCUT2D eigenvalue weighted by Crippen LogP contribution is 2.27. The molecule has 0 bridgehead atoms. The van der Waals surface area contributed by atoms with Crippen LogP contribution in [0.4, 0.5) is 17.1 Å². The van der Waals surface area contributed by atoms with E-state index in [4.69, 9.17) is 11.6 Å². The molecular weight excluding hydrogens is 326 g/mol. The highest BCUT2D eigenvalue weighted by atomic mass is 35.5. The first kappa shape index (κ1) is 16.4. The van der Waals surface area contributed by atoms with Crippen molar-refractivity contribution in [1.29, 1.82) is 0 Å². The number of non-ortho nitro benzene ring substituents is 1. The fraction of sp³-hybridized carbons (Fsp3) is 0.0714. The third-order valence-electron chi connectivity index (χ3n) is 3.08. The number of aryl methyl sites for hydroxylation is 1. The van der Waals surface area contributed by atoms with Crippen LogP contribution in [0.1, 0.15) is 15.9 Å². The van der Waals surface area contributed by atoms with Gasteiger partial charge in [-0.1, -0.05) is 17.7 Å². The molecule has 0 saturated heterocycles. The number of nitro benzene ring substituents is 2. The number of benzene rings is 2. The lowest BCUT2D eigenvalue weighted by Crippen LogP contribution is -2.12. The van der Waals surface area contributed by atoms with Gasteiger partial charge >= 0.3 is 0 Å². The minimum absolute atomic E-state index is 0.00541. The van der Waals surface area contributed by atoms with E-state index < -0.39 is 15.8 Å². The molecule has 0 aliphatic carbocycles. The first-order valence-electron chi connectivity index (χ1n) is 6.30. The van der Waals surface area contributed by atoms with E-state index >= 15 is 0 Å². The summed E-state index contributed by atoms with van der Waals surface area (Å²) < 4.78 is 0. The number of rotatable bonds is 4. The monoisotopic (exact) mass is 335 g/mol. The fourth-order valence-corrected chi connectivity index (χ4v) is 2.08. The van der Waals surface area contributed by atoms with Crippen molar-refractivity contribution in [3.05, 3.63) is 72.8 Å². The lowest BCUT2D eigenvalue weighted by Gasteiger charge is -2.07. The molecule has 0 aromatic heterocycles. The minimum Gasteiger partial charge on any atom is -0.321 e. The summed E-state index contributed by atoms with van der Waals surface area (Å²) in [6.45, 7) is 1.56. The molecule has 2 rings (SSSR count). The molecule has 23 heavy (non-hydrogen) atoms. The molecule has 2 aromatic carbocycles. The third-order valence-corrected chi connectivity index (χ3v) is 3.39. The van der Waals surface area contributed by atoms with Crippen molar-refractivity contribution in [1.82, 2.24) is 0 Å². The molecule has 0 aliphatic heterocycles. The minimum atomic E-state index is -0.610. The predicted octanol–water partition coefficient (Wildman–Crippen LogP) is 3.72. The van der Waals surface area contributed by atoms with Crippen LogP contribution in [0.25, 0.3) is 0 Å². The Bertz CT molecular complexity index is 822. The predicted molar refractivity (Wildman–Crippen MR) is 83.9 cm³/mol. The average Bonchev–Trinajstić information content (AvgIpc) is 2.49. The van der Waals surface area contributed by atoms with Gasteiger partial charge in [0, 0.05) is 29.3 Å². The number of hydrogen-bond donors (Lipinski definition) is 1. The molecule has 0 unspecified atom stereocenters. The number of amides is 1. The second kappa shape index (κ2) is 6.41. The Morgan fingerprint density at radius 1 is 1.09 bits per heavy atom. The van der Waals surface area contributed by atoms with Gasteiger partial charge in [0.2, 0.25) is 0 Å². The molecule has 0 radical (unpaired) electrons. The van der Waals surface area contributed by atoms with Gasteiger partial charge < -0.3 is 5.32 Å². The van der Waals surface area contributed by atoms with Gasteiger partial charge in [0.25, 0.3) is 17.3 Å². The number of halogens is 1. The summed E-state index contributed by atoms with van der Waals surface area (Å²) in [6, 6.07) is 7.65. The van der Waals surface area contributed by atoms with Crippen molar-refractivity contribution >= 4 is 34.6 Å². The van der Waals surface area contributed by atoms with E-state index in [1.54, 1.807) is 6.92 Å². The summed E-state index contributed by atoms with van der Waals surface area (Å²) in [6.07, 6.45) is 0. The molecule has 1 amide bonds. The molecule has 1 N–H and O–H groups in total. The van der Waals surface area contributed by atoms with Gasteiger partial charge in [-0.2, -0.15) is 0 Å². The first-order chi connectivity index (χ1) is 10.8. The van der Waals surface area contributed by atoms with E-state index in [1.807, 2.05) is 0 Å². The molecule has 0 atom stereocenters. The summed E-state index contributed by atoms with van der Waals surface area (Å²) in [5.74, 6) is -0.608. The Kier molecular flexibility index (Phi) is 4.56. The zero-order valence-electron chi connectivity index (χ0n) is 11.8. The smallest absolute Gasteiger partial charge is 0.273 e. The zero-order chi connectivity index (χ0) is 17.1. The summed E-state index contributed by atoms with van der Waals surface area (Å²) >= 11 is 5.88. The average molecular weight is 336 g/mol. The molecule has 0 spiro atoms. The van der Waals surface area contributed by atoms with E-state index in [1.165, 1.54) is 24.3 Å². The molecule has 118 valence electrons. The van der Waals surface area contributed by atoms with Crippen LogP contribution in [-0.4, -0.2) is 15.8 Å². The van der Waals surface area contributed by atoms with E-state index in [9.17, 15) is 25.0 Å². The Hall–Kier alpha value is -3.00. The van der Waals surface area contributed by atoms with Crippen molar-refractivity contribution in [2.45, 2.75) is 6.92 Å². The van der Waals surface area contributed by atoms with Crippen LogP contribution in [0.2, 0.25) is 5.02 Å². The van der Waals surface area contributed by atoms with E-state index in [0.717, 1.165) is 12.1 Å². The first-order valence-corrected chi connectivity index (χ1v) is 6.67. The van der Waals surface area contributed by atoms with Gasteiger partial charge in [-0.25, -0.2) is 0 Å². The third kappa shape index (κ3) is 3.61. The zero-order valence-corrected chi connectivity index (χ0v) is 12.5. The number of carbonyl (C=O) groups excluding carboxylic acids is 1. The summed E-state index contributed by atoms with van der Waals surface area (Å²) in [4.78, 5) is 32.5. The standard InChI is InChI=1S/C14H10ClN3O5/c1-8-2-3-9(6-13(8)18(22)23)14(19)16-12-5-4-10(17(20)21)7-11(12)15/h2-7H,1H3,(H,16,19). The summed E-state index contributed by atoms with van der Waals surface area (Å²) in [5, 5.41) is 24.0. The molecule has 0 saturated carbocycles. The van der Waals surface area contributed by atoms with Crippen molar-refractivity contribution in [3.63, 3.8) is 0 Å². The number of nitro groups is 2. The van der Waals surface area contributed by atoms with Crippen molar-refractivity contribution in [3.8, 4) is 0 Å². The molecule has 0 aliphatic rings. The van der Waals surface area contributed by atoms with Gasteiger partial charge in [-0.05, 0) is 19.1 Å². The number of nitrogens with zero attached hydrogens (tertiary/aromatic N) is 2. The number of carbonyl (C=O) groups is 1. The van der Waals surface area contributed by atoms with Crippen molar-refractivity contribution in [2.24, 2.45) is 0 Å². The fourth-order valence-electron chi connectivity index (χ4n) is 1.86. The maximum atomic E-state index is 12.1. The maximum absolute atomic E-state index is 12.1. The normalized spacial score (nSPS) is 10.2. The van der Waals surface area contributed by atoms with Crippen LogP contribution in [0.5, 0.6) is 0 Å². The van der Waals surface area contributed by atoms with Crippen molar-refractivity contribution in [2.75, 3.05) is 5.32 Å².